The maximum absolute atomic E-state index is 11.8. The van der Waals surface area contributed by atoms with Crippen molar-refractivity contribution in [2.45, 2.75) is 59.3 Å². The predicted octanol–water partition coefficient (Wildman–Crippen LogP) is 4.11. The summed E-state index contributed by atoms with van der Waals surface area (Å²) >= 11 is 0. The molecule has 0 spiro atoms. The number of ether oxygens (including phenoxy) is 1. The molecule has 2 aliphatic carbocycles. The molecule has 3 rings (SSSR count). The van der Waals surface area contributed by atoms with Crippen LogP contribution in [-0.2, 0) is 14.3 Å². The number of hydrogen-bond acceptors (Lipinski definition) is 3. The molecule has 4 atom stereocenters. The summed E-state index contributed by atoms with van der Waals surface area (Å²) in [5.41, 5.74) is 1.55. The first-order valence-electron chi connectivity index (χ1n) is 9.07. The number of rotatable bonds is 4. The van der Waals surface area contributed by atoms with E-state index < -0.39 is 5.97 Å². The summed E-state index contributed by atoms with van der Waals surface area (Å²) in [6.07, 6.45) is 9.35. The minimum Gasteiger partial charge on any atom is -0.478 e. The number of aliphatic carboxylic acids is 1. The third kappa shape index (κ3) is 2.70. The van der Waals surface area contributed by atoms with Crippen LogP contribution in [0.25, 0.3) is 0 Å². The van der Waals surface area contributed by atoms with E-state index in [1.54, 1.807) is 6.08 Å². The monoisotopic (exact) mass is 332 g/mol. The first kappa shape index (κ1) is 17.2. The number of carboxylic acid groups (broad SMARTS) is 1. The molecule has 1 aliphatic heterocycles. The molecule has 24 heavy (non-hydrogen) atoms. The lowest BCUT2D eigenvalue weighted by Crippen LogP contribution is -2.51. The van der Waals surface area contributed by atoms with E-state index >= 15 is 0 Å². The molecule has 0 unspecified atom stereocenters. The Morgan fingerprint density at radius 1 is 1.38 bits per heavy atom. The lowest BCUT2D eigenvalue weighted by molar-refractivity contribution is -0.137. The smallest absolute Gasteiger partial charge is 0.331 e. The van der Waals surface area contributed by atoms with Crippen LogP contribution in [0.15, 0.2) is 23.3 Å². The van der Waals surface area contributed by atoms with Crippen molar-refractivity contribution in [1.29, 1.82) is 0 Å². The maximum Gasteiger partial charge on any atom is 0.331 e. The normalized spacial score (nSPS) is 38.9. The summed E-state index contributed by atoms with van der Waals surface area (Å²) in [6, 6.07) is 0. The van der Waals surface area contributed by atoms with E-state index in [2.05, 4.69) is 20.8 Å². The van der Waals surface area contributed by atoms with E-state index in [0.717, 1.165) is 44.1 Å². The number of carboxylic acids is 1. The SMILES string of the molecule is C[C@H]1CC[C@@]2(C)C(C(=O)O)=CCC[C@H]2[C@]1(C)CCC1=CC(=O)OC1. The van der Waals surface area contributed by atoms with Crippen molar-refractivity contribution < 1.29 is 19.4 Å². The third-order valence-corrected chi connectivity index (χ3v) is 7.14. The summed E-state index contributed by atoms with van der Waals surface area (Å²) in [5, 5.41) is 9.68. The van der Waals surface area contributed by atoms with Gasteiger partial charge in [-0.15, -0.1) is 0 Å². The van der Waals surface area contributed by atoms with Crippen molar-refractivity contribution in [2.24, 2.45) is 22.7 Å². The van der Waals surface area contributed by atoms with Gasteiger partial charge < -0.3 is 9.84 Å². The molecule has 0 amide bonds. The molecule has 3 aliphatic rings. The molecular formula is C20H28O4. The summed E-state index contributed by atoms with van der Waals surface area (Å²) in [5.74, 6) is -0.0483. The molecule has 1 fully saturated rings. The lowest BCUT2D eigenvalue weighted by atomic mass is 9.46. The summed E-state index contributed by atoms with van der Waals surface area (Å²) < 4.78 is 5.02. The Bertz CT molecular complexity index is 617. The number of carbonyl (C=O) groups excluding carboxylic acids is 1. The molecule has 4 heteroatoms. The van der Waals surface area contributed by atoms with Crippen LogP contribution in [0, 0.1) is 22.7 Å². The van der Waals surface area contributed by atoms with E-state index in [4.69, 9.17) is 4.74 Å². The van der Waals surface area contributed by atoms with Gasteiger partial charge in [0.15, 0.2) is 0 Å². The minimum atomic E-state index is -0.753. The molecule has 1 heterocycles. The fourth-order valence-electron chi connectivity index (χ4n) is 5.43. The first-order chi connectivity index (χ1) is 11.3. The van der Waals surface area contributed by atoms with E-state index in [9.17, 15) is 14.7 Å². The van der Waals surface area contributed by atoms with Gasteiger partial charge in [-0.2, -0.15) is 0 Å². The Labute approximate surface area is 144 Å². The highest BCUT2D eigenvalue weighted by Crippen LogP contribution is 2.62. The Balaban J connectivity index is 1.85. The van der Waals surface area contributed by atoms with E-state index in [1.807, 2.05) is 6.08 Å². The highest BCUT2D eigenvalue weighted by atomic mass is 16.5. The fraction of sp³-hybridized carbons (Fsp3) is 0.700. The average molecular weight is 332 g/mol. The molecule has 0 saturated heterocycles. The first-order valence-corrected chi connectivity index (χ1v) is 9.07. The van der Waals surface area contributed by atoms with Crippen LogP contribution in [0.5, 0.6) is 0 Å². The van der Waals surface area contributed by atoms with E-state index in [1.165, 1.54) is 0 Å². The molecule has 132 valence electrons. The Morgan fingerprint density at radius 3 is 2.75 bits per heavy atom. The van der Waals surface area contributed by atoms with Crippen molar-refractivity contribution in [3.8, 4) is 0 Å². The number of esters is 1. The second-order valence-electron chi connectivity index (χ2n) is 8.33. The van der Waals surface area contributed by atoms with Crippen LogP contribution in [0.4, 0.5) is 0 Å². The molecule has 0 aromatic carbocycles. The molecular weight excluding hydrogens is 304 g/mol. The van der Waals surface area contributed by atoms with E-state index in [-0.39, 0.29) is 16.8 Å². The third-order valence-electron chi connectivity index (χ3n) is 7.14. The highest BCUT2D eigenvalue weighted by molar-refractivity contribution is 5.88. The van der Waals surface area contributed by atoms with Gasteiger partial charge in [-0.05, 0) is 61.3 Å². The van der Waals surface area contributed by atoms with Crippen molar-refractivity contribution in [1.82, 2.24) is 0 Å². The number of carbonyl (C=O) groups is 2. The summed E-state index contributed by atoms with van der Waals surface area (Å²) in [7, 11) is 0. The number of cyclic esters (lactones) is 1. The summed E-state index contributed by atoms with van der Waals surface area (Å²) in [4.78, 5) is 23.1. The number of allylic oxidation sites excluding steroid dienone is 1. The lowest BCUT2D eigenvalue weighted by Gasteiger charge is -2.57. The van der Waals surface area contributed by atoms with Crippen LogP contribution in [0.3, 0.4) is 0 Å². The zero-order valence-corrected chi connectivity index (χ0v) is 14.9. The topological polar surface area (TPSA) is 63.6 Å². The molecule has 0 aromatic rings. The van der Waals surface area contributed by atoms with Crippen molar-refractivity contribution in [3.05, 3.63) is 23.3 Å². The van der Waals surface area contributed by atoms with Crippen LogP contribution in [0.1, 0.15) is 59.3 Å². The molecule has 0 bridgehead atoms. The van der Waals surface area contributed by atoms with Crippen LogP contribution >= 0.6 is 0 Å². The molecule has 0 radical (unpaired) electrons. The quantitative estimate of drug-likeness (QED) is 0.787. The second kappa shape index (κ2) is 6.05. The maximum atomic E-state index is 11.8. The van der Waals surface area contributed by atoms with Gasteiger partial charge >= 0.3 is 11.9 Å². The molecule has 1 saturated carbocycles. The highest BCUT2D eigenvalue weighted by Gasteiger charge is 2.55. The Morgan fingerprint density at radius 2 is 2.12 bits per heavy atom. The largest absolute Gasteiger partial charge is 0.478 e. The van der Waals surface area contributed by atoms with Gasteiger partial charge in [0.2, 0.25) is 0 Å². The fourth-order valence-corrected chi connectivity index (χ4v) is 5.43. The van der Waals surface area contributed by atoms with Gasteiger partial charge in [-0.1, -0.05) is 26.8 Å². The van der Waals surface area contributed by atoms with Crippen LogP contribution in [0.2, 0.25) is 0 Å². The van der Waals surface area contributed by atoms with Crippen LogP contribution < -0.4 is 0 Å². The van der Waals surface area contributed by atoms with Gasteiger partial charge in [0.1, 0.15) is 6.61 Å². The van der Waals surface area contributed by atoms with Gasteiger partial charge in [0.05, 0.1) is 0 Å². The van der Waals surface area contributed by atoms with E-state index in [0.29, 0.717) is 24.0 Å². The zero-order chi connectivity index (χ0) is 17.5. The standard InChI is InChI=1S/C20H28O4/c1-13-7-9-20(3)15(18(22)23)5-4-6-16(20)19(13,2)10-8-14-11-17(21)24-12-14/h5,11,13,16H,4,6-10,12H2,1-3H3,(H,22,23)/t13-,16-,19+,20-/m0/s1. The van der Waals surface area contributed by atoms with Gasteiger partial charge in [0, 0.05) is 17.1 Å². The van der Waals surface area contributed by atoms with Gasteiger partial charge in [-0.3, -0.25) is 0 Å². The molecule has 1 N–H and O–H groups in total. The predicted molar refractivity (Wildman–Crippen MR) is 91.3 cm³/mol. The zero-order valence-electron chi connectivity index (χ0n) is 14.9. The molecule has 0 aromatic heterocycles. The van der Waals surface area contributed by atoms with Crippen molar-refractivity contribution >= 4 is 11.9 Å². The van der Waals surface area contributed by atoms with Crippen LogP contribution in [-0.4, -0.2) is 23.7 Å². The Hall–Kier alpha value is -1.58. The van der Waals surface area contributed by atoms with Gasteiger partial charge in [0.25, 0.3) is 0 Å². The van der Waals surface area contributed by atoms with Crippen molar-refractivity contribution in [2.75, 3.05) is 6.61 Å². The van der Waals surface area contributed by atoms with Crippen molar-refractivity contribution in [3.63, 3.8) is 0 Å². The Kier molecular flexibility index (Phi) is 4.35. The summed E-state index contributed by atoms with van der Waals surface area (Å²) in [6.45, 7) is 7.22. The number of hydrogen-bond donors (Lipinski definition) is 1. The minimum absolute atomic E-state index is 0.0917. The number of fused-ring (bicyclic) bond motifs is 1. The molecule has 4 nitrogen and oxygen atoms in total. The average Bonchev–Trinajstić information content (AvgIpc) is 2.94. The van der Waals surface area contributed by atoms with Gasteiger partial charge in [-0.25, -0.2) is 9.59 Å². The second-order valence-corrected chi connectivity index (χ2v) is 8.33.